The third kappa shape index (κ3) is 2.42. The Morgan fingerprint density at radius 3 is 2.21 bits per heavy atom. The molecular formula is C12H16F3NO3. The van der Waals surface area contributed by atoms with Crippen molar-refractivity contribution >= 4 is 11.9 Å². The van der Waals surface area contributed by atoms with Gasteiger partial charge in [-0.25, -0.2) is 0 Å². The maximum atomic E-state index is 12.8. The summed E-state index contributed by atoms with van der Waals surface area (Å²) in [6, 6.07) is 0. The predicted octanol–water partition coefficient (Wildman–Crippen LogP) is 1.90. The molecule has 2 fully saturated rings. The summed E-state index contributed by atoms with van der Waals surface area (Å²) in [7, 11) is 0. The van der Waals surface area contributed by atoms with Crippen molar-refractivity contribution in [3.05, 3.63) is 0 Å². The third-order valence-electron chi connectivity index (χ3n) is 4.33. The van der Waals surface area contributed by atoms with Gasteiger partial charge < -0.3 is 10.0 Å². The number of hydrogen-bond donors (Lipinski definition) is 1. The Bertz CT molecular complexity index is 404. The van der Waals surface area contributed by atoms with Crippen LogP contribution in [0.15, 0.2) is 0 Å². The van der Waals surface area contributed by atoms with Gasteiger partial charge >= 0.3 is 12.1 Å². The molecule has 0 aromatic carbocycles. The average Bonchev–Trinajstić information content (AvgIpc) is 2.96. The molecule has 0 bridgehead atoms. The predicted molar refractivity (Wildman–Crippen MR) is 59.2 cm³/mol. The van der Waals surface area contributed by atoms with E-state index in [1.807, 2.05) is 6.92 Å². The smallest absolute Gasteiger partial charge is 0.394 e. The highest BCUT2D eigenvalue weighted by Crippen LogP contribution is 2.51. The molecule has 2 atom stereocenters. The Hall–Kier alpha value is -1.27. The Morgan fingerprint density at radius 1 is 1.32 bits per heavy atom. The van der Waals surface area contributed by atoms with Crippen molar-refractivity contribution in [2.45, 2.75) is 32.4 Å². The minimum Gasteiger partial charge on any atom is -0.481 e. The summed E-state index contributed by atoms with van der Waals surface area (Å²) in [6.07, 6.45) is -2.61. The van der Waals surface area contributed by atoms with E-state index in [-0.39, 0.29) is 12.5 Å². The first kappa shape index (κ1) is 14.1. The molecule has 0 spiro atoms. The maximum Gasteiger partial charge on any atom is 0.394 e. The van der Waals surface area contributed by atoms with Crippen LogP contribution in [0.1, 0.15) is 26.2 Å². The van der Waals surface area contributed by atoms with Crippen molar-refractivity contribution < 1.29 is 27.9 Å². The number of hydrogen-bond acceptors (Lipinski definition) is 2. The van der Waals surface area contributed by atoms with Gasteiger partial charge in [-0.2, -0.15) is 13.2 Å². The fourth-order valence-corrected chi connectivity index (χ4v) is 2.76. The summed E-state index contributed by atoms with van der Waals surface area (Å²) in [4.78, 5) is 24.2. The molecule has 1 aliphatic carbocycles. The van der Waals surface area contributed by atoms with Gasteiger partial charge in [0.15, 0.2) is 0 Å². The molecule has 4 nitrogen and oxygen atoms in total. The lowest BCUT2D eigenvalue weighted by molar-refractivity contribution is -0.188. The van der Waals surface area contributed by atoms with E-state index in [0.717, 1.165) is 4.90 Å². The molecular weight excluding hydrogens is 263 g/mol. The number of carboxylic acid groups (broad SMARTS) is 1. The fraction of sp³-hybridized carbons (Fsp3) is 0.833. The molecule has 0 aromatic heterocycles. The average molecular weight is 279 g/mol. The van der Waals surface area contributed by atoms with Gasteiger partial charge in [0.05, 0.1) is 11.8 Å². The molecule has 1 amide bonds. The van der Waals surface area contributed by atoms with Gasteiger partial charge in [0.2, 0.25) is 5.91 Å². The molecule has 0 unspecified atom stereocenters. The zero-order chi connectivity index (χ0) is 14.4. The zero-order valence-electron chi connectivity index (χ0n) is 10.5. The molecule has 1 heterocycles. The Kier molecular flexibility index (Phi) is 3.26. The number of carbonyl (C=O) groups is 2. The lowest BCUT2D eigenvalue weighted by Gasteiger charge is -2.22. The topological polar surface area (TPSA) is 57.6 Å². The molecule has 1 saturated carbocycles. The highest BCUT2D eigenvalue weighted by molar-refractivity contribution is 5.86. The van der Waals surface area contributed by atoms with Gasteiger partial charge in [0, 0.05) is 18.5 Å². The van der Waals surface area contributed by atoms with Crippen LogP contribution in [0.3, 0.4) is 0 Å². The molecule has 1 saturated heterocycles. The summed E-state index contributed by atoms with van der Waals surface area (Å²) in [5.74, 6) is -5.30. The second-order valence-corrected chi connectivity index (χ2v) is 5.44. The fourth-order valence-electron chi connectivity index (χ4n) is 2.76. The molecule has 19 heavy (non-hydrogen) atoms. The Morgan fingerprint density at radius 2 is 1.89 bits per heavy atom. The van der Waals surface area contributed by atoms with Crippen LogP contribution in [0.2, 0.25) is 0 Å². The highest BCUT2D eigenvalue weighted by Gasteiger charge is 2.57. The summed E-state index contributed by atoms with van der Waals surface area (Å²) in [6.45, 7) is 0.970. The van der Waals surface area contributed by atoms with Crippen molar-refractivity contribution in [1.29, 1.82) is 0 Å². The molecule has 108 valence electrons. The molecule has 0 aromatic rings. The van der Waals surface area contributed by atoms with Crippen LogP contribution < -0.4 is 0 Å². The van der Waals surface area contributed by atoms with E-state index in [0.29, 0.717) is 19.3 Å². The third-order valence-corrected chi connectivity index (χ3v) is 4.33. The number of alkyl halides is 3. The van der Waals surface area contributed by atoms with Crippen molar-refractivity contribution in [3.8, 4) is 0 Å². The monoisotopic (exact) mass is 279 g/mol. The lowest BCUT2D eigenvalue weighted by Crippen LogP contribution is -2.36. The Labute approximate surface area is 108 Å². The van der Waals surface area contributed by atoms with Gasteiger partial charge in [-0.15, -0.1) is 0 Å². The van der Waals surface area contributed by atoms with Crippen molar-refractivity contribution in [2.75, 3.05) is 13.1 Å². The highest BCUT2D eigenvalue weighted by atomic mass is 19.4. The van der Waals surface area contributed by atoms with E-state index in [1.165, 1.54) is 0 Å². The summed E-state index contributed by atoms with van der Waals surface area (Å²) in [5.41, 5.74) is -0.524. The number of amides is 1. The van der Waals surface area contributed by atoms with E-state index in [1.54, 1.807) is 0 Å². The summed E-state index contributed by atoms with van der Waals surface area (Å²) in [5, 5.41) is 8.88. The van der Waals surface area contributed by atoms with Crippen molar-refractivity contribution in [1.82, 2.24) is 4.90 Å². The summed E-state index contributed by atoms with van der Waals surface area (Å²) >= 11 is 0. The largest absolute Gasteiger partial charge is 0.481 e. The molecule has 0 radical (unpaired) electrons. The van der Waals surface area contributed by atoms with E-state index in [2.05, 4.69) is 0 Å². The second kappa shape index (κ2) is 4.38. The van der Waals surface area contributed by atoms with Crippen LogP contribution in [0, 0.1) is 17.3 Å². The van der Waals surface area contributed by atoms with Gasteiger partial charge in [-0.3, -0.25) is 9.59 Å². The van der Waals surface area contributed by atoms with Gasteiger partial charge in [0.25, 0.3) is 0 Å². The number of aliphatic carboxylic acids is 1. The summed E-state index contributed by atoms with van der Waals surface area (Å²) < 4.78 is 38.4. The van der Waals surface area contributed by atoms with E-state index >= 15 is 0 Å². The minimum absolute atomic E-state index is 0.312. The lowest BCUT2D eigenvalue weighted by atomic mass is 9.96. The molecule has 2 aliphatic rings. The van der Waals surface area contributed by atoms with E-state index in [4.69, 9.17) is 5.11 Å². The number of likely N-dealkylation sites (tertiary alicyclic amines) is 1. The molecule has 2 rings (SSSR count). The van der Waals surface area contributed by atoms with Gasteiger partial charge in [-0.1, -0.05) is 6.92 Å². The standard InChI is InChI=1S/C12H16F3NO3/c1-2-11(3-4-11)10(19)16-5-7(9(17)18)8(6-16)12(13,14)15/h7-8H,2-6H2,1H3,(H,17,18)/t7-,8-/m1/s1. The van der Waals surface area contributed by atoms with Crippen LogP contribution in [0.25, 0.3) is 0 Å². The zero-order valence-corrected chi connectivity index (χ0v) is 10.5. The SMILES string of the molecule is CCC1(C(=O)N2C[C@@H](C(F)(F)F)[C@H](C(=O)O)C2)CC1. The number of nitrogens with zero attached hydrogens (tertiary/aromatic N) is 1. The number of halogens is 3. The van der Waals surface area contributed by atoms with Crippen LogP contribution in [-0.4, -0.2) is 41.1 Å². The first-order chi connectivity index (χ1) is 8.71. The van der Waals surface area contributed by atoms with Crippen LogP contribution in [0.5, 0.6) is 0 Å². The van der Waals surface area contributed by atoms with Crippen LogP contribution in [0.4, 0.5) is 13.2 Å². The normalized spacial score (nSPS) is 29.4. The van der Waals surface area contributed by atoms with Crippen molar-refractivity contribution in [2.24, 2.45) is 17.3 Å². The minimum atomic E-state index is -4.58. The van der Waals surface area contributed by atoms with E-state index in [9.17, 15) is 22.8 Å². The number of rotatable bonds is 3. The second-order valence-electron chi connectivity index (χ2n) is 5.44. The van der Waals surface area contributed by atoms with Crippen LogP contribution >= 0.6 is 0 Å². The first-order valence-corrected chi connectivity index (χ1v) is 6.30. The first-order valence-electron chi connectivity index (χ1n) is 6.30. The maximum absolute atomic E-state index is 12.8. The Balaban J connectivity index is 2.14. The van der Waals surface area contributed by atoms with Gasteiger partial charge in [0.1, 0.15) is 0 Å². The number of carboxylic acids is 1. The molecule has 1 N–H and O–H groups in total. The quantitative estimate of drug-likeness (QED) is 0.858. The van der Waals surface area contributed by atoms with Crippen LogP contribution in [-0.2, 0) is 9.59 Å². The molecule has 7 heteroatoms. The van der Waals surface area contributed by atoms with E-state index < -0.39 is 35.9 Å². The molecule has 1 aliphatic heterocycles. The number of carbonyl (C=O) groups excluding carboxylic acids is 1. The van der Waals surface area contributed by atoms with Crippen molar-refractivity contribution in [3.63, 3.8) is 0 Å². The van der Waals surface area contributed by atoms with Gasteiger partial charge in [-0.05, 0) is 19.3 Å².